The molecule has 0 aliphatic carbocycles. The fraction of sp³-hybridized carbons (Fsp3) is 0.154. The number of anilines is 2. The SMILES string of the molecule is Cc1ccc(Nc2ccnc(C#N)n2)cc1C. The molecule has 4 nitrogen and oxygen atoms in total. The third-order valence-corrected chi connectivity index (χ3v) is 2.53. The molecular weight excluding hydrogens is 212 g/mol. The Labute approximate surface area is 100.0 Å². The standard InChI is InChI=1S/C13H12N4/c1-9-3-4-11(7-10(9)2)16-12-5-6-15-13(8-14)17-12/h3-7H,1-2H3,(H,15,16,17). The summed E-state index contributed by atoms with van der Waals surface area (Å²) < 4.78 is 0. The zero-order chi connectivity index (χ0) is 12.3. The minimum atomic E-state index is 0.166. The quantitative estimate of drug-likeness (QED) is 0.851. The minimum Gasteiger partial charge on any atom is -0.340 e. The van der Waals surface area contributed by atoms with Crippen LogP contribution in [0.4, 0.5) is 11.5 Å². The molecule has 0 radical (unpaired) electrons. The predicted molar refractivity (Wildman–Crippen MR) is 65.9 cm³/mol. The van der Waals surface area contributed by atoms with Gasteiger partial charge in [-0.1, -0.05) is 6.07 Å². The van der Waals surface area contributed by atoms with Crippen LogP contribution in [0.15, 0.2) is 30.5 Å². The number of nitriles is 1. The molecule has 0 aliphatic heterocycles. The number of hydrogen-bond acceptors (Lipinski definition) is 4. The summed E-state index contributed by atoms with van der Waals surface area (Å²) in [5.41, 5.74) is 3.41. The molecule has 1 heterocycles. The molecule has 0 aliphatic rings. The Morgan fingerprint density at radius 1 is 1.18 bits per heavy atom. The first-order chi connectivity index (χ1) is 8.19. The summed E-state index contributed by atoms with van der Waals surface area (Å²) in [4.78, 5) is 7.87. The number of aromatic nitrogens is 2. The monoisotopic (exact) mass is 224 g/mol. The maximum Gasteiger partial charge on any atom is 0.234 e. The van der Waals surface area contributed by atoms with Gasteiger partial charge in [0.1, 0.15) is 11.9 Å². The molecule has 0 atom stereocenters. The normalized spacial score (nSPS) is 9.71. The molecule has 0 saturated carbocycles. The molecule has 1 aromatic heterocycles. The van der Waals surface area contributed by atoms with Crippen LogP contribution in [0.2, 0.25) is 0 Å². The van der Waals surface area contributed by atoms with E-state index in [0.29, 0.717) is 5.82 Å². The van der Waals surface area contributed by atoms with Crippen LogP contribution in [0, 0.1) is 25.2 Å². The van der Waals surface area contributed by atoms with Gasteiger partial charge in [0, 0.05) is 11.9 Å². The lowest BCUT2D eigenvalue weighted by Gasteiger charge is -2.07. The molecule has 1 N–H and O–H groups in total. The first kappa shape index (κ1) is 11.1. The van der Waals surface area contributed by atoms with Gasteiger partial charge in [0.05, 0.1) is 0 Å². The molecular formula is C13H12N4. The average molecular weight is 224 g/mol. The van der Waals surface area contributed by atoms with Crippen molar-refractivity contribution in [2.24, 2.45) is 0 Å². The number of nitrogens with zero attached hydrogens (tertiary/aromatic N) is 3. The molecule has 0 unspecified atom stereocenters. The van der Waals surface area contributed by atoms with Gasteiger partial charge >= 0.3 is 0 Å². The van der Waals surface area contributed by atoms with E-state index >= 15 is 0 Å². The molecule has 84 valence electrons. The van der Waals surface area contributed by atoms with Crippen molar-refractivity contribution in [3.05, 3.63) is 47.4 Å². The zero-order valence-corrected chi connectivity index (χ0v) is 9.73. The molecule has 2 rings (SSSR count). The van der Waals surface area contributed by atoms with Crippen molar-refractivity contribution in [2.45, 2.75) is 13.8 Å². The molecule has 0 spiro atoms. The Hall–Kier alpha value is -2.41. The Balaban J connectivity index is 2.25. The third-order valence-electron chi connectivity index (χ3n) is 2.53. The summed E-state index contributed by atoms with van der Waals surface area (Å²) in [6.45, 7) is 4.12. The van der Waals surface area contributed by atoms with E-state index in [1.165, 1.54) is 11.1 Å². The van der Waals surface area contributed by atoms with Crippen LogP contribution < -0.4 is 5.32 Å². The van der Waals surface area contributed by atoms with E-state index in [4.69, 9.17) is 5.26 Å². The van der Waals surface area contributed by atoms with E-state index in [-0.39, 0.29) is 5.82 Å². The number of hydrogen-bond donors (Lipinski definition) is 1. The van der Waals surface area contributed by atoms with Crippen molar-refractivity contribution in [3.63, 3.8) is 0 Å². The van der Waals surface area contributed by atoms with Gasteiger partial charge in [-0.2, -0.15) is 5.26 Å². The molecule has 0 fully saturated rings. The highest BCUT2D eigenvalue weighted by Crippen LogP contribution is 2.17. The van der Waals surface area contributed by atoms with Crippen molar-refractivity contribution in [2.75, 3.05) is 5.32 Å². The topological polar surface area (TPSA) is 61.6 Å². The van der Waals surface area contributed by atoms with Crippen molar-refractivity contribution in [3.8, 4) is 6.07 Å². The van der Waals surface area contributed by atoms with Gasteiger partial charge < -0.3 is 5.32 Å². The lowest BCUT2D eigenvalue weighted by atomic mass is 10.1. The molecule has 0 bridgehead atoms. The number of benzene rings is 1. The van der Waals surface area contributed by atoms with E-state index in [9.17, 15) is 0 Å². The number of nitrogens with one attached hydrogen (secondary N) is 1. The predicted octanol–water partition coefficient (Wildman–Crippen LogP) is 2.71. The fourth-order valence-electron chi connectivity index (χ4n) is 1.45. The van der Waals surface area contributed by atoms with Gasteiger partial charge in [-0.3, -0.25) is 0 Å². The van der Waals surface area contributed by atoms with Gasteiger partial charge in [-0.05, 0) is 43.2 Å². The van der Waals surface area contributed by atoms with Gasteiger partial charge in [-0.15, -0.1) is 0 Å². The van der Waals surface area contributed by atoms with Crippen LogP contribution in [-0.2, 0) is 0 Å². The zero-order valence-electron chi connectivity index (χ0n) is 9.73. The van der Waals surface area contributed by atoms with Crippen LogP contribution in [0.3, 0.4) is 0 Å². The maximum atomic E-state index is 8.71. The Kier molecular flexibility index (Phi) is 3.01. The summed E-state index contributed by atoms with van der Waals surface area (Å²) in [7, 11) is 0. The van der Waals surface area contributed by atoms with Gasteiger partial charge in [0.25, 0.3) is 0 Å². The van der Waals surface area contributed by atoms with E-state index < -0.39 is 0 Å². The maximum absolute atomic E-state index is 8.71. The smallest absolute Gasteiger partial charge is 0.234 e. The largest absolute Gasteiger partial charge is 0.340 e. The van der Waals surface area contributed by atoms with Crippen molar-refractivity contribution in [1.29, 1.82) is 5.26 Å². The number of aryl methyl sites for hydroxylation is 2. The Bertz CT molecular complexity index is 584. The first-order valence-electron chi connectivity index (χ1n) is 5.26. The molecule has 0 saturated heterocycles. The highest BCUT2D eigenvalue weighted by molar-refractivity contribution is 5.57. The lowest BCUT2D eigenvalue weighted by Crippen LogP contribution is -1.97. The van der Waals surface area contributed by atoms with E-state index in [0.717, 1.165) is 5.69 Å². The van der Waals surface area contributed by atoms with Crippen molar-refractivity contribution < 1.29 is 0 Å². The second-order valence-electron chi connectivity index (χ2n) is 3.80. The molecule has 2 aromatic rings. The molecule has 4 heteroatoms. The van der Waals surface area contributed by atoms with Crippen LogP contribution in [0.25, 0.3) is 0 Å². The van der Waals surface area contributed by atoms with Gasteiger partial charge in [0.2, 0.25) is 5.82 Å². The Morgan fingerprint density at radius 2 is 2.00 bits per heavy atom. The highest BCUT2D eigenvalue weighted by atomic mass is 15.0. The summed E-state index contributed by atoms with van der Waals surface area (Å²) in [5.74, 6) is 0.790. The average Bonchev–Trinajstić information content (AvgIpc) is 2.34. The lowest BCUT2D eigenvalue weighted by molar-refractivity contribution is 1.11. The number of rotatable bonds is 2. The van der Waals surface area contributed by atoms with Crippen LogP contribution in [-0.4, -0.2) is 9.97 Å². The molecule has 0 amide bonds. The van der Waals surface area contributed by atoms with Crippen molar-refractivity contribution >= 4 is 11.5 Å². The van der Waals surface area contributed by atoms with E-state index in [1.54, 1.807) is 12.3 Å². The van der Waals surface area contributed by atoms with Gasteiger partial charge in [-0.25, -0.2) is 9.97 Å². The molecule has 1 aromatic carbocycles. The summed E-state index contributed by atoms with van der Waals surface area (Å²) in [6.07, 6.45) is 1.56. The minimum absolute atomic E-state index is 0.166. The van der Waals surface area contributed by atoms with Crippen molar-refractivity contribution in [1.82, 2.24) is 9.97 Å². The van der Waals surface area contributed by atoms with E-state index in [2.05, 4.69) is 29.1 Å². The molecule has 17 heavy (non-hydrogen) atoms. The third kappa shape index (κ3) is 2.58. The second-order valence-corrected chi connectivity index (χ2v) is 3.80. The summed E-state index contributed by atoms with van der Waals surface area (Å²) >= 11 is 0. The van der Waals surface area contributed by atoms with Crippen LogP contribution in [0.5, 0.6) is 0 Å². The van der Waals surface area contributed by atoms with E-state index in [1.807, 2.05) is 24.3 Å². The fourth-order valence-corrected chi connectivity index (χ4v) is 1.45. The summed E-state index contributed by atoms with van der Waals surface area (Å²) in [6, 6.07) is 9.72. The van der Waals surface area contributed by atoms with Crippen LogP contribution >= 0.6 is 0 Å². The highest BCUT2D eigenvalue weighted by Gasteiger charge is 2.00. The first-order valence-corrected chi connectivity index (χ1v) is 5.26. The second kappa shape index (κ2) is 4.62. The van der Waals surface area contributed by atoms with Gasteiger partial charge in [0.15, 0.2) is 0 Å². The summed E-state index contributed by atoms with van der Waals surface area (Å²) in [5, 5.41) is 11.9. The van der Waals surface area contributed by atoms with Crippen LogP contribution in [0.1, 0.15) is 17.0 Å². The Morgan fingerprint density at radius 3 is 2.71 bits per heavy atom.